The molecule has 0 spiro atoms. The third kappa shape index (κ3) is 6.65. The number of anilines is 3. The van der Waals surface area contributed by atoms with Crippen molar-refractivity contribution in [1.29, 1.82) is 0 Å². The molecule has 0 bridgehead atoms. The summed E-state index contributed by atoms with van der Waals surface area (Å²) in [6.45, 7) is 7.05. The molecule has 1 saturated heterocycles. The Morgan fingerprint density at radius 2 is 1.97 bits per heavy atom. The summed E-state index contributed by atoms with van der Waals surface area (Å²) < 4.78 is 33.9. The number of sulfonamides is 1. The van der Waals surface area contributed by atoms with Crippen LogP contribution in [0.4, 0.5) is 17.6 Å². The van der Waals surface area contributed by atoms with Crippen LogP contribution in [0.1, 0.15) is 32.1 Å². The molecule has 0 aromatic carbocycles. The van der Waals surface area contributed by atoms with E-state index < -0.39 is 10.0 Å². The van der Waals surface area contributed by atoms with Gasteiger partial charge in [-0.25, -0.2) is 28.1 Å². The van der Waals surface area contributed by atoms with E-state index in [1.807, 2.05) is 17.9 Å². The maximum absolute atomic E-state index is 11.8. The van der Waals surface area contributed by atoms with Crippen molar-refractivity contribution < 1.29 is 23.1 Å². The molecular formula is C22H32N8O5S. The van der Waals surface area contributed by atoms with Crippen LogP contribution in [0.5, 0.6) is 0 Å². The molecule has 36 heavy (non-hydrogen) atoms. The summed E-state index contributed by atoms with van der Waals surface area (Å²) >= 11 is 0. The number of piperidine rings is 1. The van der Waals surface area contributed by atoms with Crippen LogP contribution in [0.15, 0.2) is 24.5 Å². The van der Waals surface area contributed by atoms with Crippen molar-refractivity contribution in [3.05, 3.63) is 30.4 Å². The van der Waals surface area contributed by atoms with Gasteiger partial charge in [-0.3, -0.25) is 4.79 Å². The highest BCUT2D eigenvalue weighted by Gasteiger charge is 2.32. The van der Waals surface area contributed by atoms with Crippen molar-refractivity contribution in [2.24, 2.45) is 0 Å². The predicted molar refractivity (Wildman–Crippen MR) is 136 cm³/mol. The fourth-order valence-corrected chi connectivity index (χ4v) is 5.10. The lowest BCUT2D eigenvalue weighted by atomic mass is 10.0. The Bertz CT molecular complexity index is 1300. The maximum atomic E-state index is 11.8. The van der Waals surface area contributed by atoms with Crippen LogP contribution in [-0.4, -0.2) is 83.1 Å². The highest BCUT2D eigenvalue weighted by atomic mass is 32.2. The lowest BCUT2D eigenvalue weighted by molar-refractivity contribution is -0.122. The van der Waals surface area contributed by atoms with Crippen LogP contribution in [0, 0.1) is 6.92 Å². The molecule has 4 rings (SSSR count). The SMILES string of the molecule is COC1CCN(c2nccc(Nc3cc4c(cn3)nc(C)n4C(C)C)n2)CC1NS(C)(=O)=O.O=CO. The van der Waals surface area contributed by atoms with Crippen LogP contribution in [0.25, 0.3) is 11.0 Å². The standard InChI is InChI=1S/C21H30N8O3S.CH2O2/c1-13(2)29-14(3)24-15-11-23-20(10-17(15)29)25-19-6-8-22-21(26-19)28-9-7-18(32-4)16(12-28)27-33(5,30)31;2-1-3/h6,8,10-11,13,16,18,27H,7,9,12H2,1-5H3,(H,22,23,25,26);1H,(H,2,3). The van der Waals surface area contributed by atoms with Gasteiger partial charge in [0.15, 0.2) is 0 Å². The molecule has 1 aliphatic heterocycles. The number of nitrogens with one attached hydrogen (secondary N) is 2. The quantitative estimate of drug-likeness (QED) is 0.388. The van der Waals surface area contributed by atoms with E-state index >= 15 is 0 Å². The Balaban J connectivity index is 0.00000115. The first-order valence-electron chi connectivity index (χ1n) is 11.3. The summed E-state index contributed by atoms with van der Waals surface area (Å²) in [5.74, 6) is 2.71. The van der Waals surface area contributed by atoms with Gasteiger partial charge in [0.25, 0.3) is 6.47 Å². The third-order valence-corrected chi connectivity index (χ3v) is 6.40. The smallest absolute Gasteiger partial charge is 0.290 e. The van der Waals surface area contributed by atoms with Crippen LogP contribution in [0.3, 0.4) is 0 Å². The minimum atomic E-state index is -3.37. The van der Waals surface area contributed by atoms with Gasteiger partial charge < -0.3 is 24.6 Å². The number of imidazole rings is 1. The number of nitrogens with zero attached hydrogens (tertiary/aromatic N) is 6. The molecule has 3 aromatic heterocycles. The fraction of sp³-hybridized carbons (Fsp3) is 0.500. The molecule has 1 fully saturated rings. The zero-order valence-electron chi connectivity index (χ0n) is 20.9. The van der Waals surface area contributed by atoms with E-state index in [1.165, 1.54) is 0 Å². The zero-order valence-corrected chi connectivity index (χ0v) is 21.7. The number of aromatic nitrogens is 5. The molecule has 0 radical (unpaired) electrons. The molecule has 3 aromatic rings. The highest BCUT2D eigenvalue weighted by molar-refractivity contribution is 7.88. The number of ether oxygens (including phenoxy) is 1. The topological polar surface area (TPSA) is 164 Å². The van der Waals surface area contributed by atoms with Gasteiger partial charge in [-0.15, -0.1) is 0 Å². The average Bonchev–Trinajstić information content (AvgIpc) is 3.14. The first-order valence-corrected chi connectivity index (χ1v) is 13.2. The molecule has 3 N–H and O–H groups in total. The van der Waals surface area contributed by atoms with E-state index in [2.05, 4.69) is 48.4 Å². The molecule has 0 saturated carbocycles. The molecule has 196 valence electrons. The Kier molecular flexibility index (Phi) is 8.76. The first-order chi connectivity index (χ1) is 17.1. The van der Waals surface area contributed by atoms with Gasteiger partial charge in [0.1, 0.15) is 23.0 Å². The average molecular weight is 521 g/mol. The number of carbonyl (C=O) groups is 1. The van der Waals surface area contributed by atoms with Crippen LogP contribution in [0.2, 0.25) is 0 Å². The second-order valence-corrected chi connectivity index (χ2v) is 10.4. The summed E-state index contributed by atoms with van der Waals surface area (Å²) in [4.78, 5) is 28.4. The van der Waals surface area contributed by atoms with E-state index in [0.29, 0.717) is 37.1 Å². The van der Waals surface area contributed by atoms with Crippen molar-refractivity contribution in [1.82, 2.24) is 29.2 Å². The summed E-state index contributed by atoms with van der Waals surface area (Å²) in [6.07, 6.45) is 5.02. The number of hydrogen-bond acceptors (Lipinski definition) is 10. The Morgan fingerprint density at radius 1 is 1.25 bits per heavy atom. The molecular weight excluding hydrogens is 488 g/mol. The number of hydrogen-bond donors (Lipinski definition) is 3. The van der Waals surface area contributed by atoms with Crippen molar-refractivity contribution in [2.45, 2.75) is 45.4 Å². The molecule has 0 amide bonds. The number of pyridine rings is 1. The van der Waals surface area contributed by atoms with E-state index in [4.69, 9.17) is 14.6 Å². The van der Waals surface area contributed by atoms with Crippen molar-refractivity contribution in [3.63, 3.8) is 0 Å². The molecule has 14 heteroatoms. The molecule has 0 aliphatic carbocycles. The van der Waals surface area contributed by atoms with Gasteiger partial charge in [-0.2, -0.15) is 4.98 Å². The van der Waals surface area contributed by atoms with E-state index in [1.54, 1.807) is 25.6 Å². The van der Waals surface area contributed by atoms with Gasteiger partial charge in [0.2, 0.25) is 16.0 Å². The van der Waals surface area contributed by atoms with Gasteiger partial charge in [0.05, 0.1) is 30.1 Å². The fourth-order valence-electron chi connectivity index (χ4n) is 4.32. The number of aryl methyl sites for hydroxylation is 1. The molecule has 1 aliphatic rings. The minimum absolute atomic E-state index is 0.206. The van der Waals surface area contributed by atoms with Crippen LogP contribution < -0.4 is 14.9 Å². The van der Waals surface area contributed by atoms with Crippen molar-refractivity contribution >= 4 is 45.1 Å². The minimum Gasteiger partial charge on any atom is -0.483 e. The molecule has 2 unspecified atom stereocenters. The third-order valence-electron chi connectivity index (χ3n) is 5.67. The lowest BCUT2D eigenvalue weighted by Gasteiger charge is -2.37. The van der Waals surface area contributed by atoms with Crippen molar-refractivity contribution in [3.8, 4) is 0 Å². The number of carboxylic acid groups (broad SMARTS) is 1. The van der Waals surface area contributed by atoms with Crippen LogP contribution >= 0.6 is 0 Å². The van der Waals surface area contributed by atoms with Crippen LogP contribution in [-0.2, 0) is 19.6 Å². The number of fused-ring (bicyclic) bond motifs is 1. The van der Waals surface area contributed by atoms with E-state index in [-0.39, 0.29) is 24.7 Å². The predicted octanol–water partition coefficient (Wildman–Crippen LogP) is 1.70. The first kappa shape index (κ1) is 27.2. The normalized spacial score (nSPS) is 18.1. The van der Waals surface area contributed by atoms with Gasteiger partial charge in [-0.05, 0) is 33.3 Å². The van der Waals surface area contributed by atoms with E-state index in [9.17, 15) is 8.42 Å². The second-order valence-electron chi connectivity index (χ2n) is 8.66. The summed E-state index contributed by atoms with van der Waals surface area (Å²) in [5, 5.41) is 10.1. The highest BCUT2D eigenvalue weighted by Crippen LogP contribution is 2.25. The van der Waals surface area contributed by atoms with Gasteiger partial charge >= 0.3 is 0 Å². The Labute approximate surface area is 210 Å². The Hall–Kier alpha value is -3.36. The number of methoxy groups -OCH3 is 1. The maximum Gasteiger partial charge on any atom is 0.290 e. The zero-order chi connectivity index (χ0) is 26.5. The molecule has 2 atom stereocenters. The summed E-state index contributed by atoms with van der Waals surface area (Å²) in [7, 11) is -1.78. The number of rotatable bonds is 7. The van der Waals surface area contributed by atoms with Gasteiger partial charge in [-0.1, -0.05) is 0 Å². The molecule has 13 nitrogen and oxygen atoms in total. The van der Waals surface area contributed by atoms with Gasteiger partial charge in [0, 0.05) is 38.5 Å². The van der Waals surface area contributed by atoms with E-state index in [0.717, 1.165) is 23.1 Å². The van der Waals surface area contributed by atoms with Crippen molar-refractivity contribution in [2.75, 3.05) is 36.7 Å². The Morgan fingerprint density at radius 3 is 2.61 bits per heavy atom. The lowest BCUT2D eigenvalue weighted by Crippen LogP contribution is -2.55. The second kappa shape index (κ2) is 11.6. The summed E-state index contributed by atoms with van der Waals surface area (Å²) in [5.41, 5.74) is 1.85. The summed E-state index contributed by atoms with van der Waals surface area (Å²) in [6, 6.07) is 3.63. The largest absolute Gasteiger partial charge is 0.483 e. The molecule has 4 heterocycles. The monoisotopic (exact) mass is 520 g/mol.